The molecule has 0 spiro atoms. The van der Waals surface area contributed by atoms with Crippen molar-refractivity contribution in [3.8, 4) is 0 Å². The van der Waals surface area contributed by atoms with Gasteiger partial charge in [0.05, 0.1) is 11.3 Å². The molecule has 5 rings (SSSR count). The van der Waals surface area contributed by atoms with Gasteiger partial charge in [0.1, 0.15) is 5.82 Å². The fourth-order valence-corrected chi connectivity index (χ4v) is 5.55. The first-order chi connectivity index (χ1) is 13.3. The molecular weight excluding hydrogens is 354 g/mol. The van der Waals surface area contributed by atoms with Crippen molar-refractivity contribution in [2.45, 2.75) is 57.5 Å². The van der Waals surface area contributed by atoms with Gasteiger partial charge in [-0.15, -0.1) is 11.3 Å². The fraction of sp³-hybridized carbons (Fsp3) is 0.455. The van der Waals surface area contributed by atoms with Gasteiger partial charge in [-0.3, -0.25) is 9.69 Å². The molecule has 0 atom stereocenters. The van der Waals surface area contributed by atoms with Crippen molar-refractivity contribution >= 4 is 21.4 Å². The Balaban J connectivity index is 1.37. The molecule has 0 saturated heterocycles. The van der Waals surface area contributed by atoms with E-state index in [1.54, 1.807) is 11.3 Å². The van der Waals surface area contributed by atoms with Crippen molar-refractivity contribution in [2.75, 3.05) is 6.54 Å². The van der Waals surface area contributed by atoms with Gasteiger partial charge in [-0.2, -0.15) is 0 Å². The first-order valence-electron chi connectivity index (χ1n) is 10.1. The third-order valence-electron chi connectivity index (χ3n) is 6.11. The number of aromatic nitrogens is 2. The first kappa shape index (κ1) is 17.1. The number of nitrogens with one attached hydrogen (secondary N) is 1. The maximum Gasteiger partial charge on any atom is 0.255 e. The Morgan fingerprint density at radius 3 is 2.93 bits per heavy atom. The van der Waals surface area contributed by atoms with E-state index in [4.69, 9.17) is 4.98 Å². The van der Waals surface area contributed by atoms with Crippen LogP contribution in [0.5, 0.6) is 0 Å². The number of nitrogens with zero attached hydrogens (tertiary/aromatic N) is 2. The number of thiophene rings is 1. The molecule has 1 aliphatic heterocycles. The predicted octanol–water partition coefficient (Wildman–Crippen LogP) is 4.59. The summed E-state index contributed by atoms with van der Waals surface area (Å²) in [7, 11) is 0. The van der Waals surface area contributed by atoms with Crippen molar-refractivity contribution in [1.29, 1.82) is 0 Å². The SMILES string of the molecule is O=c1[nH]c(C2CCCCC2)nc2c1CN(Cc1csc3ccccc13)CC2. The van der Waals surface area contributed by atoms with E-state index >= 15 is 0 Å². The summed E-state index contributed by atoms with van der Waals surface area (Å²) in [4.78, 5) is 23.2. The number of benzene rings is 1. The Labute approximate surface area is 163 Å². The van der Waals surface area contributed by atoms with Gasteiger partial charge in [0, 0.05) is 36.7 Å². The van der Waals surface area contributed by atoms with Crippen molar-refractivity contribution < 1.29 is 0 Å². The molecular formula is C22H25N3OS. The van der Waals surface area contributed by atoms with Gasteiger partial charge in [-0.1, -0.05) is 37.5 Å². The van der Waals surface area contributed by atoms with Crippen LogP contribution in [0.15, 0.2) is 34.4 Å². The molecule has 1 aliphatic carbocycles. The molecule has 0 amide bonds. The van der Waals surface area contributed by atoms with E-state index in [1.807, 2.05) is 0 Å². The summed E-state index contributed by atoms with van der Waals surface area (Å²) in [5.74, 6) is 1.39. The number of rotatable bonds is 3. The predicted molar refractivity (Wildman–Crippen MR) is 110 cm³/mol. The van der Waals surface area contributed by atoms with Crippen LogP contribution in [-0.4, -0.2) is 21.4 Å². The van der Waals surface area contributed by atoms with Crippen LogP contribution < -0.4 is 5.56 Å². The highest BCUT2D eigenvalue weighted by atomic mass is 32.1. The lowest BCUT2D eigenvalue weighted by molar-refractivity contribution is 0.242. The largest absolute Gasteiger partial charge is 0.310 e. The zero-order valence-corrected chi connectivity index (χ0v) is 16.4. The monoisotopic (exact) mass is 379 g/mol. The van der Waals surface area contributed by atoms with E-state index in [9.17, 15) is 4.79 Å². The lowest BCUT2D eigenvalue weighted by Crippen LogP contribution is -2.36. The van der Waals surface area contributed by atoms with Crippen molar-refractivity contribution in [2.24, 2.45) is 0 Å². The average Bonchev–Trinajstić information content (AvgIpc) is 3.12. The van der Waals surface area contributed by atoms with Crippen molar-refractivity contribution in [3.63, 3.8) is 0 Å². The van der Waals surface area contributed by atoms with E-state index in [1.165, 1.54) is 47.8 Å². The molecule has 0 unspecified atom stereocenters. The van der Waals surface area contributed by atoms with Gasteiger partial charge in [0.2, 0.25) is 0 Å². The minimum atomic E-state index is 0.0838. The average molecular weight is 380 g/mol. The Hall–Kier alpha value is -1.98. The standard InChI is InChI=1S/C22H25N3OS/c26-22-18-13-25(12-16-14-27-20-9-5-4-8-17(16)20)11-10-19(18)23-21(24-22)15-6-2-1-3-7-15/h4-5,8-9,14-15H,1-3,6-7,10-13H2,(H,23,24,26). The fourth-order valence-electron chi connectivity index (χ4n) is 4.60. The smallest absolute Gasteiger partial charge is 0.255 e. The summed E-state index contributed by atoms with van der Waals surface area (Å²) in [6.07, 6.45) is 7.04. The Morgan fingerprint density at radius 2 is 2.04 bits per heavy atom. The third-order valence-corrected chi connectivity index (χ3v) is 7.13. The number of hydrogen-bond donors (Lipinski definition) is 1. The maximum absolute atomic E-state index is 12.8. The topological polar surface area (TPSA) is 49.0 Å². The molecule has 0 bridgehead atoms. The number of hydrogen-bond acceptors (Lipinski definition) is 4. The van der Waals surface area contributed by atoms with E-state index in [2.05, 4.69) is 39.5 Å². The van der Waals surface area contributed by atoms with Gasteiger partial charge >= 0.3 is 0 Å². The van der Waals surface area contributed by atoms with E-state index in [0.29, 0.717) is 12.5 Å². The second-order valence-electron chi connectivity index (χ2n) is 7.93. The summed E-state index contributed by atoms with van der Waals surface area (Å²) in [6, 6.07) is 8.57. The van der Waals surface area contributed by atoms with Crippen LogP contribution in [0.4, 0.5) is 0 Å². The molecule has 1 saturated carbocycles. The minimum Gasteiger partial charge on any atom is -0.310 e. The van der Waals surface area contributed by atoms with Crippen LogP contribution in [0.25, 0.3) is 10.1 Å². The molecule has 2 aromatic heterocycles. The van der Waals surface area contributed by atoms with E-state index in [-0.39, 0.29) is 5.56 Å². The molecule has 2 aliphatic rings. The molecule has 5 heteroatoms. The second-order valence-corrected chi connectivity index (χ2v) is 8.84. The maximum atomic E-state index is 12.8. The first-order valence-corrected chi connectivity index (χ1v) is 11.0. The van der Waals surface area contributed by atoms with Crippen LogP contribution in [0.1, 0.15) is 60.7 Å². The molecule has 4 nitrogen and oxygen atoms in total. The van der Waals surface area contributed by atoms with Gasteiger partial charge in [0.15, 0.2) is 0 Å². The van der Waals surface area contributed by atoms with E-state index in [0.717, 1.165) is 36.6 Å². The highest BCUT2D eigenvalue weighted by Gasteiger charge is 2.24. The van der Waals surface area contributed by atoms with E-state index < -0.39 is 0 Å². The summed E-state index contributed by atoms with van der Waals surface area (Å²) in [5.41, 5.74) is 3.36. The highest BCUT2D eigenvalue weighted by Crippen LogP contribution is 2.31. The molecule has 1 fully saturated rings. The van der Waals surface area contributed by atoms with Gasteiger partial charge < -0.3 is 4.98 Å². The van der Waals surface area contributed by atoms with Crippen molar-refractivity contribution in [3.05, 3.63) is 62.6 Å². The number of fused-ring (bicyclic) bond motifs is 2. The molecule has 1 N–H and O–H groups in total. The lowest BCUT2D eigenvalue weighted by Gasteiger charge is -2.28. The Bertz CT molecular complexity index is 1020. The van der Waals surface area contributed by atoms with Gasteiger partial charge in [-0.05, 0) is 35.2 Å². The third kappa shape index (κ3) is 3.34. The molecule has 1 aromatic carbocycles. The number of aromatic amines is 1. The summed E-state index contributed by atoms with van der Waals surface area (Å²) in [6.45, 7) is 2.57. The minimum absolute atomic E-state index is 0.0838. The number of H-pyrrole nitrogens is 1. The summed E-state index contributed by atoms with van der Waals surface area (Å²) in [5, 5.41) is 3.60. The molecule has 140 valence electrons. The second kappa shape index (κ2) is 7.21. The van der Waals surface area contributed by atoms with Crippen LogP contribution >= 0.6 is 11.3 Å². The Kier molecular flexibility index (Phi) is 4.58. The van der Waals surface area contributed by atoms with Gasteiger partial charge in [0.25, 0.3) is 5.56 Å². The lowest BCUT2D eigenvalue weighted by atomic mass is 9.88. The molecule has 27 heavy (non-hydrogen) atoms. The normalized spacial score (nSPS) is 18.7. The van der Waals surface area contributed by atoms with Crippen LogP contribution in [0.3, 0.4) is 0 Å². The zero-order chi connectivity index (χ0) is 18.2. The van der Waals surface area contributed by atoms with Crippen LogP contribution in [0.2, 0.25) is 0 Å². The molecule has 3 heterocycles. The van der Waals surface area contributed by atoms with Crippen LogP contribution in [-0.2, 0) is 19.5 Å². The summed E-state index contributed by atoms with van der Waals surface area (Å²) < 4.78 is 1.33. The van der Waals surface area contributed by atoms with Crippen LogP contribution in [0, 0.1) is 0 Å². The Morgan fingerprint density at radius 1 is 1.19 bits per heavy atom. The molecule has 3 aromatic rings. The quantitative estimate of drug-likeness (QED) is 0.724. The van der Waals surface area contributed by atoms with Gasteiger partial charge in [-0.25, -0.2) is 4.98 Å². The molecule has 0 radical (unpaired) electrons. The zero-order valence-electron chi connectivity index (χ0n) is 15.5. The van der Waals surface area contributed by atoms with Crippen molar-refractivity contribution in [1.82, 2.24) is 14.9 Å². The summed E-state index contributed by atoms with van der Waals surface area (Å²) >= 11 is 1.80. The highest BCUT2D eigenvalue weighted by molar-refractivity contribution is 7.17.